The molecule has 2 N–H and O–H groups in total. The van der Waals surface area contributed by atoms with E-state index in [0.717, 1.165) is 13.1 Å². The molecule has 29 heavy (non-hydrogen) atoms. The standard InChI is InChI=1S/C23H27N3O3/c1-2-29-20-8-4-3-7-19(20)25-22(28)23(13-14-23)21(27)24-17-9-11-18(12-10-17)26-15-5-6-16-26/h3-4,7-12H,2,5-6,13-16H2,1H3,(H,24,27)(H,25,28). The molecule has 152 valence electrons. The summed E-state index contributed by atoms with van der Waals surface area (Å²) in [5, 5.41) is 5.80. The van der Waals surface area contributed by atoms with Gasteiger partial charge in [0.25, 0.3) is 0 Å². The minimum Gasteiger partial charge on any atom is -0.492 e. The summed E-state index contributed by atoms with van der Waals surface area (Å²) < 4.78 is 5.56. The molecule has 2 fully saturated rings. The predicted octanol–water partition coefficient (Wildman–Crippen LogP) is 4.04. The normalized spacial score (nSPS) is 16.9. The summed E-state index contributed by atoms with van der Waals surface area (Å²) in [5.74, 6) is 0.0747. The molecule has 6 heteroatoms. The van der Waals surface area contributed by atoms with Crippen LogP contribution in [0, 0.1) is 5.41 Å². The zero-order valence-electron chi connectivity index (χ0n) is 16.7. The van der Waals surface area contributed by atoms with E-state index in [1.165, 1.54) is 18.5 Å². The van der Waals surface area contributed by atoms with Crippen molar-refractivity contribution in [3.63, 3.8) is 0 Å². The molecule has 1 aliphatic heterocycles. The van der Waals surface area contributed by atoms with Crippen molar-refractivity contribution in [2.75, 3.05) is 35.2 Å². The fourth-order valence-corrected chi connectivity index (χ4v) is 3.76. The van der Waals surface area contributed by atoms with Crippen LogP contribution < -0.4 is 20.3 Å². The van der Waals surface area contributed by atoms with Gasteiger partial charge in [0.1, 0.15) is 11.2 Å². The lowest BCUT2D eigenvalue weighted by Crippen LogP contribution is -2.35. The highest BCUT2D eigenvalue weighted by Gasteiger charge is 2.56. The lowest BCUT2D eigenvalue weighted by atomic mass is 10.0. The highest BCUT2D eigenvalue weighted by Crippen LogP contribution is 2.48. The Morgan fingerprint density at radius 2 is 1.62 bits per heavy atom. The third kappa shape index (κ3) is 4.06. The Morgan fingerprint density at radius 3 is 2.28 bits per heavy atom. The van der Waals surface area contributed by atoms with Crippen LogP contribution in [0.3, 0.4) is 0 Å². The predicted molar refractivity (Wildman–Crippen MR) is 114 cm³/mol. The number of para-hydroxylation sites is 2. The van der Waals surface area contributed by atoms with E-state index in [1.54, 1.807) is 12.1 Å². The molecule has 1 heterocycles. The lowest BCUT2D eigenvalue weighted by molar-refractivity contribution is -0.131. The quantitative estimate of drug-likeness (QED) is 0.697. The molecule has 2 aromatic carbocycles. The summed E-state index contributed by atoms with van der Waals surface area (Å²) in [5.41, 5.74) is 1.47. The molecule has 1 saturated heterocycles. The number of anilines is 3. The number of nitrogens with one attached hydrogen (secondary N) is 2. The molecule has 0 unspecified atom stereocenters. The topological polar surface area (TPSA) is 70.7 Å². The van der Waals surface area contributed by atoms with Gasteiger partial charge in [0, 0.05) is 24.5 Å². The number of nitrogens with zero attached hydrogens (tertiary/aromatic N) is 1. The van der Waals surface area contributed by atoms with Crippen molar-refractivity contribution >= 4 is 28.9 Å². The first-order valence-corrected chi connectivity index (χ1v) is 10.3. The van der Waals surface area contributed by atoms with Gasteiger partial charge in [-0.2, -0.15) is 0 Å². The summed E-state index contributed by atoms with van der Waals surface area (Å²) in [6, 6.07) is 15.1. The third-order valence-electron chi connectivity index (χ3n) is 5.65. The third-order valence-corrected chi connectivity index (χ3v) is 5.65. The fourth-order valence-electron chi connectivity index (χ4n) is 3.76. The summed E-state index contributed by atoms with van der Waals surface area (Å²) in [7, 11) is 0. The molecule has 0 atom stereocenters. The number of carbonyl (C=O) groups excluding carboxylic acids is 2. The Kier molecular flexibility index (Phi) is 5.43. The van der Waals surface area contributed by atoms with E-state index in [9.17, 15) is 9.59 Å². The van der Waals surface area contributed by atoms with E-state index in [4.69, 9.17) is 4.74 Å². The average molecular weight is 393 g/mol. The fraction of sp³-hybridized carbons (Fsp3) is 0.391. The Labute approximate surface area is 171 Å². The van der Waals surface area contributed by atoms with Crippen LogP contribution in [0.15, 0.2) is 48.5 Å². The minimum absolute atomic E-state index is 0.252. The number of benzene rings is 2. The molecule has 6 nitrogen and oxygen atoms in total. The van der Waals surface area contributed by atoms with Gasteiger partial charge in [-0.25, -0.2) is 0 Å². The van der Waals surface area contributed by atoms with E-state index in [-0.39, 0.29) is 11.8 Å². The number of hydrogen-bond donors (Lipinski definition) is 2. The van der Waals surface area contributed by atoms with Crippen LogP contribution >= 0.6 is 0 Å². The first-order chi connectivity index (χ1) is 14.1. The van der Waals surface area contributed by atoms with Crippen molar-refractivity contribution in [1.29, 1.82) is 0 Å². The Hall–Kier alpha value is -3.02. The second kappa shape index (κ2) is 8.15. The van der Waals surface area contributed by atoms with Crippen molar-refractivity contribution in [1.82, 2.24) is 0 Å². The first-order valence-electron chi connectivity index (χ1n) is 10.3. The van der Waals surface area contributed by atoms with Crippen LogP contribution in [-0.2, 0) is 9.59 Å². The SMILES string of the molecule is CCOc1ccccc1NC(=O)C1(C(=O)Nc2ccc(N3CCCC3)cc2)CC1. The lowest BCUT2D eigenvalue weighted by Gasteiger charge is -2.19. The van der Waals surface area contributed by atoms with Crippen LogP contribution in [0.5, 0.6) is 5.75 Å². The van der Waals surface area contributed by atoms with E-state index in [0.29, 0.717) is 36.6 Å². The summed E-state index contributed by atoms with van der Waals surface area (Å²) in [4.78, 5) is 28.1. The van der Waals surface area contributed by atoms with Crippen LogP contribution in [0.1, 0.15) is 32.6 Å². The van der Waals surface area contributed by atoms with Gasteiger partial charge in [0.05, 0.1) is 12.3 Å². The van der Waals surface area contributed by atoms with Gasteiger partial charge in [0.15, 0.2) is 0 Å². The molecule has 0 bridgehead atoms. The van der Waals surface area contributed by atoms with Gasteiger partial charge in [-0.1, -0.05) is 12.1 Å². The molecule has 1 saturated carbocycles. The highest BCUT2D eigenvalue weighted by atomic mass is 16.5. The number of hydrogen-bond acceptors (Lipinski definition) is 4. The van der Waals surface area contributed by atoms with Gasteiger partial charge in [-0.3, -0.25) is 9.59 Å². The molecular weight excluding hydrogens is 366 g/mol. The van der Waals surface area contributed by atoms with E-state index < -0.39 is 5.41 Å². The van der Waals surface area contributed by atoms with Crippen LogP contribution in [-0.4, -0.2) is 31.5 Å². The largest absolute Gasteiger partial charge is 0.492 e. The average Bonchev–Trinajstić information content (AvgIpc) is 3.38. The summed E-state index contributed by atoms with van der Waals surface area (Å²) in [6.45, 7) is 4.56. The van der Waals surface area contributed by atoms with Crippen molar-refractivity contribution in [3.05, 3.63) is 48.5 Å². The number of amides is 2. The summed E-state index contributed by atoms with van der Waals surface area (Å²) >= 11 is 0. The molecule has 2 aromatic rings. The molecule has 4 rings (SSSR count). The maximum atomic E-state index is 12.9. The van der Waals surface area contributed by atoms with E-state index in [1.807, 2.05) is 43.3 Å². The Balaban J connectivity index is 1.41. The number of ether oxygens (including phenoxy) is 1. The van der Waals surface area contributed by atoms with E-state index >= 15 is 0 Å². The molecule has 0 aromatic heterocycles. The van der Waals surface area contributed by atoms with Crippen molar-refractivity contribution < 1.29 is 14.3 Å². The second-order valence-corrected chi connectivity index (χ2v) is 7.66. The Morgan fingerprint density at radius 1 is 0.966 bits per heavy atom. The molecule has 2 aliphatic rings. The van der Waals surface area contributed by atoms with Gasteiger partial charge in [-0.05, 0) is 69.0 Å². The van der Waals surface area contributed by atoms with Crippen LogP contribution in [0.2, 0.25) is 0 Å². The van der Waals surface area contributed by atoms with Gasteiger partial charge in [-0.15, -0.1) is 0 Å². The smallest absolute Gasteiger partial charge is 0.240 e. The number of rotatable bonds is 7. The Bertz CT molecular complexity index is 884. The van der Waals surface area contributed by atoms with Crippen LogP contribution in [0.4, 0.5) is 17.1 Å². The monoisotopic (exact) mass is 393 g/mol. The molecule has 1 aliphatic carbocycles. The second-order valence-electron chi connectivity index (χ2n) is 7.66. The van der Waals surface area contributed by atoms with Crippen molar-refractivity contribution in [2.45, 2.75) is 32.6 Å². The van der Waals surface area contributed by atoms with Crippen molar-refractivity contribution in [3.8, 4) is 5.75 Å². The molecular formula is C23H27N3O3. The zero-order chi connectivity index (χ0) is 20.3. The van der Waals surface area contributed by atoms with Crippen LogP contribution in [0.25, 0.3) is 0 Å². The zero-order valence-corrected chi connectivity index (χ0v) is 16.7. The number of carbonyl (C=O) groups is 2. The van der Waals surface area contributed by atoms with Gasteiger partial charge in [0.2, 0.25) is 11.8 Å². The van der Waals surface area contributed by atoms with Gasteiger partial charge >= 0.3 is 0 Å². The molecule has 0 radical (unpaired) electrons. The molecule has 2 amide bonds. The molecule has 0 spiro atoms. The summed E-state index contributed by atoms with van der Waals surface area (Å²) in [6.07, 6.45) is 3.55. The highest BCUT2D eigenvalue weighted by molar-refractivity contribution is 6.17. The van der Waals surface area contributed by atoms with Gasteiger partial charge < -0.3 is 20.3 Å². The maximum Gasteiger partial charge on any atom is 0.240 e. The van der Waals surface area contributed by atoms with E-state index in [2.05, 4.69) is 15.5 Å². The maximum absolute atomic E-state index is 12.9. The van der Waals surface area contributed by atoms with Crippen molar-refractivity contribution in [2.24, 2.45) is 5.41 Å². The minimum atomic E-state index is -1.01. The first kappa shape index (κ1) is 19.3.